The Labute approximate surface area is 79.4 Å². The topological polar surface area (TPSA) is 49.4 Å². The van der Waals surface area contributed by atoms with Crippen LogP contribution in [0.4, 0.5) is 0 Å². The predicted octanol–water partition coefficient (Wildman–Crippen LogP) is -0.226. The van der Waals surface area contributed by atoms with E-state index in [1.54, 1.807) is 4.31 Å². The fraction of sp³-hybridized carbons (Fsp3) is 1.00. The van der Waals surface area contributed by atoms with E-state index in [2.05, 4.69) is 5.32 Å². The highest BCUT2D eigenvalue weighted by Gasteiger charge is 2.45. The summed E-state index contributed by atoms with van der Waals surface area (Å²) < 4.78 is 24.3. The lowest BCUT2D eigenvalue weighted by Crippen LogP contribution is -2.41. The van der Waals surface area contributed by atoms with Gasteiger partial charge in [-0.2, -0.15) is 0 Å². The number of rotatable bonds is 1. The van der Waals surface area contributed by atoms with Crippen LogP contribution in [0.25, 0.3) is 0 Å². The Hall–Kier alpha value is -0.130. The highest BCUT2D eigenvalue weighted by atomic mass is 32.2. The Kier molecular flexibility index (Phi) is 2.13. The van der Waals surface area contributed by atoms with Crippen molar-refractivity contribution in [3.63, 3.8) is 0 Å². The lowest BCUT2D eigenvalue weighted by molar-refractivity contribution is 0.386. The molecule has 0 bridgehead atoms. The van der Waals surface area contributed by atoms with Gasteiger partial charge in [-0.15, -0.1) is 0 Å². The molecular formula is C8H16N2O2S. The molecule has 13 heavy (non-hydrogen) atoms. The van der Waals surface area contributed by atoms with Crippen LogP contribution in [0.2, 0.25) is 0 Å². The summed E-state index contributed by atoms with van der Waals surface area (Å²) in [5.41, 5.74) is 0.138. The van der Waals surface area contributed by atoms with Gasteiger partial charge in [-0.1, -0.05) is 0 Å². The van der Waals surface area contributed by atoms with Crippen LogP contribution in [0, 0.1) is 0 Å². The molecule has 1 saturated heterocycles. The van der Waals surface area contributed by atoms with Crippen molar-refractivity contribution in [1.82, 2.24) is 9.62 Å². The molecule has 2 rings (SSSR count). The van der Waals surface area contributed by atoms with Gasteiger partial charge in [-0.3, -0.25) is 0 Å². The smallest absolute Gasteiger partial charge is 0.211 e. The zero-order valence-corrected chi connectivity index (χ0v) is 8.73. The van der Waals surface area contributed by atoms with Crippen molar-refractivity contribution in [2.45, 2.75) is 24.8 Å². The van der Waals surface area contributed by atoms with E-state index in [1.165, 1.54) is 6.26 Å². The maximum Gasteiger partial charge on any atom is 0.211 e. The average Bonchev–Trinajstić information content (AvgIpc) is 2.78. The molecule has 2 fully saturated rings. The van der Waals surface area contributed by atoms with E-state index in [9.17, 15) is 8.42 Å². The van der Waals surface area contributed by atoms with E-state index in [4.69, 9.17) is 0 Å². The lowest BCUT2D eigenvalue weighted by Gasteiger charge is -2.21. The second-order valence-electron chi connectivity index (χ2n) is 4.16. The normalized spacial score (nSPS) is 28.7. The largest absolute Gasteiger partial charge is 0.310 e. The Morgan fingerprint density at radius 2 is 2.08 bits per heavy atom. The molecule has 1 saturated carbocycles. The second-order valence-corrected chi connectivity index (χ2v) is 6.14. The minimum Gasteiger partial charge on any atom is -0.310 e. The molecule has 5 heteroatoms. The molecule has 0 aromatic rings. The lowest BCUT2D eigenvalue weighted by atomic mass is 10.3. The summed E-state index contributed by atoms with van der Waals surface area (Å²) in [4.78, 5) is 0. The maximum absolute atomic E-state index is 11.4. The second kappa shape index (κ2) is 2.93. The molecule has 0 radical (unpaired) electrons. The van der Waals surface area contributed by atoms with Gasteiger partial charge in [0.15, 0.2) is 0 Å². The van der Waals surface area contributed by atoms with E-state index in [0.717, 1.165) is 25.8 Å². The monoisotopic (exact) mass is 204 g/mol. The van der Waals surface area contributed by atoms with Crippen molar-refractivity contribution < 1.29 is 8.42 Å². The van der Waals surface area contributed by atoms with Gasteiger partial charge in [-0.25, -0.2) is 12.7 Å². The number of sulfonamides is 1. The van der Waals surface area contributed by atoms with Crippen LogP contribution < -0.4 is 5.32 Å². The van der Waals surface area contributed by atoms with Gasteiger partial charge in [-0.05, 0) is 25.8 Å². The van der Waals surface area contributed by atoms with E-state index >= 15 is 0 Å². The maximum atomic E-state index is 11.4. The fourth-order valence-electron chi connectivity index (χ4n) is 1.85. The molecule has 0 unspecified atom stereocenters. The third-order valence-corrected chi connectivity index (χ3v) is 4.14. The van der Waals surface area contributed by atoms with Gasteiger partial charge in [0.25, 0.3) is 0 Å². The standard InChI is InChI=1S/C8H16N2O2S/c1-13(11,12)10-6-2-5-9-8(7-10)3-4-8/h9H,2-7H2,1H3. The number of nitrogens with one attached hydrogen (secondary N) is 1. The van der Waals surface area contributed by atoms with Gasteiger partial charge in [0.1, 0.15) is 0 Å². The zero-order chi connectivity index (χ0) is 9.53. The Morgan fingerprint density at radius 3 is 2.62 bits per heavy atom. The summed E-state index contributed by atoms with van der Waals surface area (Å²) in [6.45, 7) is 2.30. The Balaban J connectivity index is 2.12. The highest BCUT2D eigenvalue weighted by molar-refractivity contribution is 7.88. The molecule has 2 aliphatic rings. The van der Waals surface area contributed by atoms with E-state index < -0.39 is 10.0 Å². The van der Waals surface area contributed by atoms with Crippen LogP contribution in [0.1, 0.15) is 19.3 Å². The first kappa shape index (κ1) is 9.43. The van der Waals surface area contributed by atoms with Gasteiger partial charge in [0.2, 0.25) is 10.0 Å². The molecule has 76 valence electrons. The van der Waals surface area contributed by atoms with Crippen LogP contribution in [-0.2, 0) is 10.0 Å². The third-order valence-electron chi connectivity index (χ3n) is 2.89. The van der Waals surface area contributed by atoms with Crippen LogP contribution >= 0.6 is 0 Å². The summed E-state index contributed by atoms with van der Waals surface area (Å²) in [5, 5.41) is 3.43. The Bertz CT molecular complexity index is 295. The molecule has 0 amide bonds. The summed E-state index contributed by atoms with van der Waals surface area (Å²) in [7, 11) is -2.99. The molecule has 1 heterocycles. The minimum atomic E-state index is -2.99. The molecule has 1 aliphatic carbocycles. The average molecular weight is 204 g/mol. The molecule has 4 nitrogen and oxygen atoms in total. The molecule has 1 spiro atoms. The molecule has 0 aromatic heterocycles. The van der Waals surface area contributed by atoms with E-state index in [1.807, 2.05) is 0 Å². The third kappa shape index (κ3) is 2.03. The molecule has 1 N–H and O–H groups in total. The summed E-state index contributed by atoms with van der Waals surface area (Å²) in [6, 6.07) is 0. The van der Waals surface area contributed by atoms with Gasteiger partial charge >= 0.3 is 0 Å². The first-order chi connectivity index (χ1) is 6.02. The van der Waals surface area contributed by atoms with Crippen molar-refractivity contribution >= 4 is 10.0 Å². The van der Waals surface area contributed by atoms with Crippen LogP contribution in [-0.4, -0.2) is 44.2 Å². The summed E-state index contributed by atoms with van der Waals surface area (Å²) >= 11 is 0. The van der Waals surface area contributed by atoms with E-state index in [-0.39, 0.29) is 5.54 Å². The molecular weight excluding hydrogens is 188 g/mol. The Morgan fingerprint density at radius 1 is 1.38 bits per heavy atom. The van der Waals surface area contributed by atoms with E-state index in [0.29, 0.717) is 13.1 Å². The van der Waals surface area contributed by atoms with Crippen LogP contribution in [0.15, 0.2) is 0 Å². The molecule has 0 atom stereocenters. The first-order valence-electron chi connectivity index (χ1n) is 4.72. The quantitative estimate of drug-likeness (QED) is 0.642. The number of hydrogen-bond donors (Lipinski definition) is 1. The summed E-state index contributed by atoms with van der Waals surface area (Å²) in [6.07, 6.45) is 4.47. The zero-order valence-electron chi connectivity index (χ0n) is 7.91. The van der Waals surface area contributed by atoms with Gasteiger partial charge < -0.3 is 5.32 Å². The van der Waals surface area contributed by atoms with Crippen molar-refractivity contribution in [2.24, 2.45) is 0 Å². The van der Waals surface area contributed by atoms with Crippen molar-refractivity contribution in [3.8, 4) is 0 Å². The highest BCUT2D eigenvalue weighted by Crippen LogP contribution is 2.37. The molecule has 0 aromatic carbocycles. The van der Waals surface area contributed by atoms with Gasteiger partial charge in [0.05, 0.1) is 6.26 Å². The number of hydrogen-bond acceptors (Lipinski definition) is 3. The van der Waals surface area contributed by atoms with Crippen molar-refractivity contribution in [1.29, 1.82) is 0 Å². The number of nitrogens with zero attached hydrogens (tertiary/aromatic N) is 1. The van der Waals surface area contributed by atoms with Gasteiger partial charge in [0, 0.05) is 18.6 Å². The minimum absolute atomic E-state index is 0.138. The predicted molar refractivity (Wildman–Crippen MR) is 51.0 cm³/mol. The van der Waals surface area contributed by atoms with Crippen LogP contribution in [0.5, 0.6) is 0 Å². The molecule has 1 aliphatic heterocycles. The van der Waals surface area contributed by atoms with Crippen molar-refractivity contribution in [3.05, 3.63) is 0 Å². The van der Waals surface area contributed by atoms with Crippen LogP contribution in [0.3, 0.4) is 0 Å². The van der Waals surface area contributed by atoms with Crippen molar-refractivity contribution in [2.75, 3.05) is 25.9 Å². The SMILES string of the molecule is CS(=O)(=O)N1CCCNC2(CC2)C1. The summed E-state index contributed by atoms with van der Waals surface area (Å²) in [5.74, 6) is 0. The fourth-order valence-corrected chi connectivity index (χ4v) is 2.79. The first-order valence-corrected chi connectivity index (χ1v) is 6.57.